The zero-order valence-electron chi connectivity index (χ0n) is 11.2. The summed E-state index contributed by atoms with van der Waals surface area (Å²) < 4.78 is 25.1. The van der Waals surface area contributed by atoms with E-state index in [0.717, 1.165) is 19.3 Å². The van der Waals surface area contributed by atoms with Crippen LogP contribution in [0, 0.1) is 5.82 Å². The lowest BCUT2D eigenvalue weighted by molar-refractivity contribution is -0.0294. The van der Waals surface area contributed by atoms with Crippen molar-refractivity contribution < 1.29 is 23.8 Å². The van der Waals surface area contributed by atoms with Crippen molar-refractivity contribution in [2.45, 2.75) is 37.7 Å². The molecule has 1 aliphatic carbocycles. The number of esters is 1. The third-order valence-electron chi connectivity index (χ3n) is 4.05. The third kappa shape index (κ3) is 2.06. The first kappa shape index (κ1) is 13.4. The van der Waals surface area contributed by atoms with Crippen molar-refractivity contribution in [2.24, 2.45) is 0 Å². The first-order valence-electron chi connectivity index (χ1n) is 6.97. The van der Waals surface area contributed by atoms with Gasteiger partial charge in [-0.1, -0.05) is 6.42 Å². The molecule has 0 atom stereocenters. The summed E-state index contributed by atoms with van der Waals surface area (Å²) in [5, 5.41) is 8.73. The molecule has 5 heteroatoms. The average Bonchev–Trinajstić information content (AvgIpc) is 2.70. The largest absolute Gasteiger partial charge is 0.491 e. The average molecular weight is 280 g/mol. The van der Waals surface area contributed by atoms with Crippen LogP contribution in [0.4, 0.5) is 4.39 Å². The van der Waals surface area contributed by atoms with Crippen molar-refractivity contribution in [3.63, 3.8) is 0 Å². The van der Waals surface area contributed by atoms with E-state index >= 15 is 0 Å². The lowest BCUT2D eigenvalue weighted by Gasteiger charge is -2.32. The molecular formula is C15H17FO4. The Hall–Kier alpha value is -1.62. The van der Waals surface area contributed by atoms with E-state index < -0.39 is 17.4 Å². The van der Waals surface area contributed by atoms with E-state index in [1.54, 1.807) is 0 Å². The van der Waals surface area contributed by atoms with Crippen LogP contribution < -0.4 is 4.74 Å². The summed E-state index contributed by atoms with van der Waals surface area (Å²) in [5.41, 5.74) is -0.122. The fourth-order valence-corrected chi connectivity index (χ4v) is 3.21. The highest BCUT2D eigenvalue weighted by Gasteiger charge is 2.48. The maximum Gasteiger partial charge on any atom is 0.339 e. The second kappa shape index (κ2) is 5.05. The Labute approximate surface area is 116 Å². The van der Waals surface area contributed by atoms with E-state index in [-0.39, 0.29) is 24.5 Å². The van der Waals surface area contributed by atoms with Gasteiger partial charge in [-0.15, -0.1) is 0 Å². The summed E-state index contributed by atoms with van der Waals surface area (Å²) in [6.45, 7) is -0.0918. The molecule has 3 rings (SSSR count). The summed E-state index contributed by atoms with van der Waals surface area (Å²) in [6, 6.07) is 2.78. The molecule has 1 spiro atoms. The highest BCUT2D eigenvalue weighted by molar-refractivity contribution is 5.95. The van der Waals surface area contributed by atoms with E-state index in [1.165, 1.54) is 12.1 Å². The molecular weight excluding hydrogens is 263 g/mol. The van der Waals surface area contributed by atoms with Gasteiger partial charge in [-0.05, 0) is 31.7 Å². The molecule has 1 aromatic rings. The predicted octanol–water partition coefficient (Wildman–Crippen LogP) is 2.53. The molecule has 0 amide bonds. The minimum Gasteiger partial charge on any atom is -0.491 e. The molecule has 1 heterocycles. The Morgan fingerprint density at radius 2 is 2.05 bits per heavy atom. The predicted molar refractivity (Wildman–Crippen MR) is 69.2 cm³/mol. The highest BCUT2D eigenvalue weighted by atomic mass is 19.1. The summed E-state index contributed by atoms with van der Waals surface area (Å²) in [7, 11) is 0. The molecule has 2 aliphatic rings. The number of hydrogen-bond acceptors (Lipinski definition) is 4. The second-order valence-corrected chi connectivity index (χ2v) is 5.34. The normalized spacial score (nSPS) is 19.8. The smallest absolute Gasteiger partial charge is 0.339 e. The standard InChI is InChI=1S/C15H17FO4/c16-12-9-10(19-7-6-17)8-11-13(12)15(20-14(11)18)4-2-1-3-5-15/h8-9,17H,1-7H2. The summed E-state index contributed by atoms with van der Waals surface area (Å²) in [6.07, 6.45) is 4.33. The number of aliphatic hydroxyl groups is 1. The van der Waals surface area contributed by atoms with Crippen molar-refractivity contribution in [1.29, 1.82) is 0 Å². The second-order valence-electron chi connectivity index (χ2n) is 5.34. The van der Waals surface area contributed by atoms with Gasteiger partial charge >= 0.3 is 5.97 Å². The third-order valence-corrected chi connectivity index (χ3v) is 4.05. The van der Waals surface area contributed by atoms with Gasteiger partial charge in [-0.25, -0.2) is 9.18 Å². The van der Waals surface area contributed by atoms with Gasteiger partial charge in [0.25, 0.3) is 0 Å². The molecule has 4 nitrogen and oxygen atoms in total. The number of rotatable bonds is 3. The first-order valence-corrected chi connectivity index (χ1v) is 6.97. The van der Waals surface area contributed by atoms with E-state index in [0.29, 0.717) is 18.4 Å². The maximum atomic E-state index is 14.4. The van der Waals surface area contributed by atoms with Crippen molar-refractivity contribution >= 4 is 5.97 Å². The van der Waals surface area contributed by atoms with Crippen LogP contribution in [0.15, 0.2) is 12.1 Å². The molecule has 1 fully saturated rings. The molecule has 0 radical (unpaired) electrons. The van der Waals surface area contributed by atoms with E-state index in [1.807, 2.05) is 0 Å². The van der Waals surface area contributed by atoms with Gasteiger partial charge in [-0.2, -0.15) is 0 Å². The monoisotopic (exact) mass is 280 g/mol. The van der Waals surface area contributed by atoms with Crippen LogP contribution in [0.3, 0.4) is 0 Å². The Balaban J connectivity index is 2.01. The number of ether oxygens (including phenoxy) is 2. The van der Waals surface area contributed by atoms with E-state index in [2.05, 4.69) is 0 Å². The fourth-order valence-electron chi connectivity index (χ4n) is 3.21. The quantitative estimate of drug-likeness (QED) is 0.864. The zero-order valence-corrected chi connectivity index (χ0v) is 11.2. The van der Waals surface area contributed by atoms with Crippen LogP contribution in [0.1, 0.15) is 48.0 Å². The Kier molecular flexibility index (Phi) is 3.38. The van der Waals surface area contributed by atoms with Gasteiger partial charge < -0.3 is 14.6 Å². The number of aliphatic hydroxyl groups excluding tert-OH is 1. The molecule has 0 unspecified atom stereocenters. The van der Waals surface area contributed by atoms with Crippen molar-refractivity contribution in [2.75, 3.05) is 13.2 Å². The van der Waals surface area contributed by atoms with Crippen LogP contribution in [-0.4, -0.2) is 24.3 Å². The molecule has 0 aromatic heterocycles. The minimum absolute atomic E-state index is 0.0679. The maximum absolute atomic E-state index is 14.4. The van der Waals surface area contributed by atoms with Gasteiger partial charge in [0.15, 0.2) is 0 Å². The molecule has 0 saturated heterocycles. The van der Waals surface area contributed by atoms with Crippen LogP contribution in [0.2, 0.25) is 0 Å². The van der Waals surface area contributed by atoms with Crippen LogP contribution in [0.5, 0.6) is 5.75 Å². The van der Waals surface area contributed by atoms with Gasteiger partial charge in [0, 0.05) is 11.6 Å². The molecule has 1 N–H and O–H groups in total. The van der Waals surface area contributed by atoms with Gasteiger partial charge in [0.05, 0.1) is 12.2 Å². The number of fused-ring (bicyclic) bond motifs is 2. The Morgan fingerprint density at radius 3 is 2.75 bits per heavy atom. The molecule has 20 heavy (non-hydrogen) atoms. The van der Waals surface area contributed by atoms with Crippen LogP contribution in [-0.2, 0) is 10.3 Å². The number of carbonyl (C=O) groups excluding carboxylic acids is 1. The number of halogens is 1. The summed E-state index contributed by atoms with van der Waals surface area (Å²) in [5.74, 6) is -0.682. The van der Waals surface area contributed by atoms with Crippen molar-refractivity contribution in [1.82, 2.24) is 0 Å². The Bertz CT molecular complexity index is 535. The number of benzene rings is 1. The van der Waals surface area contributed by atoms with Gasteiger partial charge in [-0.3, -0.25) is 0 Å². The SMILES string of the molecule is O=C1OC2(CCCCC2)c2c(F)cc(OCCO)cc21. The van der Waals surface area contributed by atoms with Gasteiger partial charge in [0.2, 0.25) is 0 Å². The lowest BCUT2D eigenvalue weighted by atomic mass is 9.79. The topological polar surface area (TPSA) is 55.8 Å². The van der Waals surface area contributed by atoms with Crippen LogP contribution >= 0.6 is 0 Å². The van der Waals surface area contributed by atoms with Crippen LogP contribution in [0.25, 0.3) is 0 Å². The Morgan fingerprint density at radius 1 is 1.30 bits per heavy atom. The number of hydrogen-bond donors (Lipinski definition) is 1. The van der Waals surface area contributed by atoms with E-state index in [9.17, 15) is 9.18 Å². The molecule has 108 valence electrons. The fraction of sp³-hybridized carbons (Fsp3) is 0.533. The zero-order chi connectivity index (χ0) is 14.2. The molecule has 1 aromatic carbocycles. The minimum atomic E-state index is -0.774. The lowest BCUT2D eigenvalue weighted by Crippen LogP contribution is -2.29. The van der Waals surface area contributed by atoms with Crippen molar-refractivity contribution in [3.05, 3.63) is 29.1 Å². The molecule has 1 aliphatic heterocycles. The highest BCUT2D eigenvalue weighted by Crippen LogP contribution is 2.48. The van der Waals surface area contributed by atoms with Gasteiger partial charge in [0.1, 0.15) is 23.8 Å². The first-order chi connectivity index (χ1) is 9.66. The summed E-state index contributed by atoms with van der Waals surface area (Å²) >= 11 is 0. The molecule has 1 saturated carbocycles. The van der Waals surface area contributed by atoms with Crippen molar-refractivity contribution in [3.8, 4) is 5.75 Å². The number of carbonyl (C=O) groups is 1. The molecule has 0 bridgehead atoms. The van der Waals surface area contributed by atoms with E-state index in [4.69, 9.17) is 14.6 Å². The summed E-state index contributed by atoms with van der Waals surface area (Å²) in [4.78, 5) is 12.0.